The lowest BCUT2D eigenvalue weighted by molar-refractivity contribution is 0.224. The van der Waals surface area contributed by atoms with Crippen LogP contribution in [0.25, 0.3) is 0 Å². The van der Waals surface area contributed by atoms with Gasteiger partial charge in [-0.1, -0.05) is 30.3 Å². The van der Waals surface area contributed by atoms with Crippen LogP contribution in [0.15, 0.2) is 43.0 Å². The fourth-order valence-electron chi connectivity index (χ4n) is 3.07. The maximum absolute atomic E-state index is 4.22. The molecule has 0 aliphatic carbocycles. The minimum absolute atomic E-state index is 0.632. The number of hydrogen-bond acceptors (Lipinski definition) is 3. The summed E-state index contributed by atoms with van der Waals surface area (Å²) in [6, 6.07) is 11.4. The van der Waals surface area contributed by atoms with Crippen LogP contribution in [0.2, 0.25) is 0 Å². The highest BCUT2D eigenvalue weighted by Crippen LogP contribution is 2.19. The van der Waals surface area contributed by atoms with E-state index in [1.807, 2.05) is 11.0 Å². The third kappa shape index (κ3) is 3.45. The Morgan fingerprint density at radius 3 is 2.90 bits per heavy atom. The van der Waals surface area contributed by atoms with Crippen LogP contribution in [0.4, 0.5) is 0 Å². The van der Waals surface area contributed by atoms with Crippen molar-refractivity contribution < 1.29 is 0 Å². The molecule has 2 heterocycles. The van der Waals surface area contributed by atoms with Crippen LogP contribution < -0.4 is 0 Å². The first-order valence-corrected chi connectivity index (χ1v) is 7.52. The van der Waals surface area contributed by atoms with Gasteiger partial charge in [-0.05, 0) is 44.3 Å². The molecule has 106 valence electrons. The highest BCUT2D eigenvalue weighted by molar-refractivity contribution is 5.14. The lowest BCUT2D eigenvalue weighted by Crippen LogP contribution is -2.34. The fourth-order valence-corrected chi connectivity index (χ4v) is 3.07. The van der Waals surface area contributed by atoms with E-state index in [2.05, 4.69) is 45.3 Å². The van der Waals surface area contributed by atoms with Crippen molar-refractivity contribution in [3.05, 3.63) is 48.5 Å². The summed E-state index contributed by atoms with van der Waals surface area (Å²) in [5.74, 6) is 0. The molecular weight excluding hydrogens is 248 g/mol. The monoisotopic (exact) mass is 270 g/mol. The molecule has 20 heavy (non-hydrogen) atoms. The van der Waals surface area contributed by atoms with Gasteiger partial charge in [0.2, 0.25) is 0 Å². The van der Waals surface area contributed by atoms with Crippen LogP contribution in [-0.4, -0.2) is 38.8 Å². The quantitative estimate of drug-likeness (QED) is 0.808. The molecule has 1 aliphatic rings. The first kappa shape index (κ1) is 13.3. The number of aryl methyl sites for hydroxylation is 1. The predicted octanol–water partition coefficient (Wildman–Crippen LogP) is 2.38. The van der Waals surface area contributed by atoms with Gasteiger partial charge >= 0.3 is 0 Å². The van der Waals surface area contributed by atoms with Gasteiger partial charge in [-0.3, -0.25) is 9.58 Å². The second-order valence-corrected chi connectivity index (χ2v) is 5.54. The number of nitrogens with zero attached hydrogens (tertiary/aromatic N) is 4. The molecule has 4 heteroatoms. The van der Waals surface area contributed by atoms with Gasteiger partial charge < -0.3 is 0 Å². The van der Waals surface area contributed by atoms with E-state index in [1.54, 1.807) is 6.33 Å². The Morgan fingerprint density at radius 2 is 2.10 bits per heavy atom. The summed E-state index contributed by atoms with van der Waals surface area (Å²) >= 11 is 0. The number of rotatable bonds is 6. The van der Waals surface area contributed by atoms with Gasteiger partial charge in [0.25, 0.3) is 0 Å². The van der Waals surface area contributed by atoms with Gasteiger partial charge in [0.05, 0.1) is 6.54 Å². The Hall–Kier alpha value is -1.68. The van der Waals surface area contributed by atoms with Crippen LogP contribution in [-0.2, 0) is 13.0 Å². The van der Waals surface area contributed by atoms with Crippen molar-refractivity contribution >= 4 is 0 Å². The van der Waals surface area contributed by atoms with E-state index in [0.29, 0.717) is 6.04 Å². The average Bonchev–Trinajstić information content (AvgIpc) is 3.13. The molecule has 0 bridgehead atoms. The molecule has 0 N–H and O–H groups in total. The zero-order chi connectivity index (χ0) is 13.6. The molecular formula is C16H22N4. The lowest BCUT2D eigenvalue weighted by atomic mass is 10.1. The summed E-state index contributed by atoms with van der Waals surface area (Å²) in [5, 5.41) is 4.22. The lowest BCUT2D eigenvalue weighted by Gasteiger charge is -2.24. The molecule has 3 rings (SSSR count). The molecule has 1 saturated heterocycles. The van der Waals surface area contributed by atoms with Crippen molar-refractivity contribution in [1.82, 2.24) is 19.7 Å². The Bertz CT molecular complexity index is 494. The molecule has 0 unspecified atom stereocenters. The van der Waals surface area contributed by atoms with Crippen molar-refractivity contribution in [2.45, 2.75) is 38.3 Å². The Kier molecular flexibility index (Phi) is 4.43. The molecule has 0 amide bonds. The third-order valence-corrected chi connectivity index (χ3v) is 4.12. The van der Waals surface area contributed by atoms with E-state index < -0.39 is 0 Å². The molecule has 0 saturated carbocycles. The number of likely N-dealkylation sites (tertiary alicyclic amines) is 1. The van der Waals surface area contributed by atoms with E-state index in [0.717, 1.165) is 6.54 Å². The highest BCUT2D eigenvalue weighted by atomic mass is 15.3. The summed E-state index contributed by atoms with van der Waals surface area (Å²) in [7, 11) is 0. The Balaban J connectivity index is 1.46. The van der Waals surface area contributed by atoms with Crippen LogP contribution >= 0.6 is 0 Å². The molecule has 4 nitrogen and oxygen atoms in total. The smallest absolute Gasteiger partial charge is 0.137 e. The summed E-state index contributed by atoms with van der Waals surface area (Å²) in [6.45, 7) is 3.40. The van der Waals surface area contributed by atoms with Crippen molar-refractivity contribution in [3.8, 4) is 0 Å². The zero-order valence-electron chi connectivity index (χ0n) is 11.9. The molecule has 0 spiro atoms. The van der Waals surface area contributed by atoms with Crippen LogP contribution in [0, 0.1) is 0 Å². The van der Waals surface area contributed by atoms with Crippen molar-refractivity contribution in [1.29, 1.82) is 0 Å². The summed E-state index contributed by atoms with van der Waals surface area (Å²) in [4.78, 5) is 6.64. The van der Waals surface area contributed by atoms with E-state index in [-0.39, 0.29) is 0 Å². The minimum Gasteiger partial charge on any atom is -0.299 e. The van der Waals surface area contributed by atoms with Gasteiger partial charge in [0.1, 0.15) is 12.7 Å². The molecule has 0 radical (unpaired) electrons. The third-order valence-electron chi connectivity index (χ3n) is 4.12. The van der Waals surface area contributed by atoms with Crippen molar-refractivity contribution in [3.63, 3.8) is 0 Å². The van der Waals surface area contributed by atoms with Crippen LogP contribution in [0.3, 0.4) is 0 Å². The molecule has 1 aliphatic heterocycles. The van der Waals surface area contributed by atoms with Gasteiger partial charge in [0.15, 0.2) is 0 Å². The van der Waals surface area contributed by atoms with Crippen LogP contribution in [0.1, 0.15) is 24.8 Å². The topological polar surface area (TPSA) is 34.0 Å². The maximum Gasteiger partial charge on any atom is 0.137 e. The average molecular weight is 270 g/mol. The first-order chi connectivity index (χ1) is 9.92. The predicted molar refractivity (Wildman–Crippen MR) is 79.4 cm³/mol. The molecule has 1 fully saturated rings. The Morgan fingerprint density at radius 1 is 1.20 bits per heavy atom. The van der Waals surface area contributed by atoms with Gasteiger partial charge in [-0.15, -0.1) is 0 Å². The number of aromatic nitrogens is 3. The standard InChI is InChI=1S/C16H22N4/c1-2-6-15(7-3-1)8-4-10-19-11-5-9-16(19)12-20-14-17-13-18-20/h1-3,6-7,13-14,16H,4-5,8-12H2/t16-/m0/s1. The van der Waals surface area contributed by atoms with Crippen molar-refractivity contribution in [2.75, 3.05) is 13.1 Å². The SMILES string of the molecule is c1ccc(CCCN2CCC[C@H]2Cn2cncn2)cc1. The maximum atomic E-state index is 4.22. The highest BCUT2D eigenvalue weighted by Gasteiger charge is 2.24. The Labute approximate surface area is 120 Å². The zero-order valence-corrected chi connectivity index (χ0v) is 11.9. The second kappa shape index (κ2) is 6.66. The molecule has 2 aromatic rings. The summed E-state index contributed by atoms with van der Waals surface area (Å²) in [6.07, 6.45) is 8.44. The normalized spacial score (nSPS) is 19.5. The second-order valence-electron chi connectivity index (χ2n) is 5.54. The number of hydrogen-bond donors (Lipinski definition) is 0. The van der Waals surface area contributed by atoms with E-state index in [1.165, 1.54) is 44.3 Å². The fraction of sp³-hybridized carbons (Fsp3) is 0.500. The first-order valence-electron chi connectivity index (χ1n) is 7.52. The summed E-state index contributed by atoms with van der Waals surface area (Å²) in [5.41, 5.74) is 1.44. The largest absolute Gasteiger partial charge is 0.299 e. The van der Waals surface area contributed by atoms with E-state index in [4.69, 9.17) is 0 Å². The van der Waals surface area contributed by atoms with E-state index in [9.17, 15) is 0 Å². The van der Waals surface area contributed by atoms with Crippen LogP contribution in [0.5, 0.6) is 0 Å². The van der Waals surface area contributed by atoms with Gasteiger partial charge in [-0.25, -0.2) is 4.98 Å². The van der Waals surface area contributed by atoms with Gasteiger partial charge in [0, 0.05) is 6.04 Å². The summed E-state index contributed by atoms with van der Waals surface area (Å²) < 4.78 is 1.96. The molecule has 1 aromatic heterocycles. The van der Waals surface area contributed by atoms with Crippen molar-refractivity contribution in [2.24, 2.45) is 0 Å². The minimum atomic E-state index is 0.632. The number of benzene rings is 1. The van der Waals surface area contributed by atoms with E-state index >= 15 is 0 Å². The molecule has 1 aromatic carbocycles. The molecule has 1 atom stereocenters. The van der Waals surface area contributed by atoms with Gasteiger partial charge in [-0.2, -0.15) is 5.10 Å².